The molecule has 0 bridgehead atoms. The first-order chi connectivity index (χ1) is 13.5. The highest BCUT2D eigenvalue weighted by atomic mass is 35.5. The molecule has 28 heavy (non-hydrogen) atoms. The molecule has 1 amide bonds. The molecule has 0 saturated heterocycles. The molecule has 2 aromatic carbocycles. The van der Waals surface area contributed by atoms with Crippen molar-refractivity contribution < 1.29 is 9.53 Å². The number of aromatic nitrogens is 3. The second-order valence-electron chi connectivity index (χ2n) is 6.39. The van der Waals surface area contributed by atoms with Crippen LogP contribution in [0.4, 0.5) is 5.95 Å². The van der Waals surface area contributed by atoms with E-state index in [-0.39, 0.29) is 0 Å². The lowest BCUT2D eigenvalue weighted by Gasteiger charge is -2.27. The zero-order valence-corrected chi connectivity index (χ0v) is 16.1. The summed E-state index contributed by atoms with van der Waals surface area (Å²) in [7, 11) is 1.60. The Hall–Kier alpha value is -3.32. The Morgan fingerprint density at radius 1 is 1.21 bits per heavy atom. The number of ether oxygens (including phenoxy) is 1. The fraction of sp³-hybridized carbons (Fsp3) is 0.150. The molecule has 7 nitrogen and oxygen atoms in total. The first-order valence-electron chi connectivity index (χ1n) is 8.62. The number of benzene rings is 2. The molecule has 0 unspecified atom stereocenters. The largest absolute Gasteiger partial charge is 0.497 e. The van der Waals surface area contributed by atoms with Crippen molar-refractivity contribution in [1.82, 2.24) is 14.8 Å². The van der Waals surface area contributed by atoms with Gasteiger partial charge in [-0.3, -0.25) is 4.79 Å². The normalized spacial score (nSPS) is 15.8. The number of carbonyl (C=O) groups is 1. The molecular weight excluding hydrogens is 378 g/mol. The standard InChI is InChI=1S/C20H18ClN5O2/c1-11-16(18(22)27)17(12-7-9-13(28-2)10-8-12)26-20(23-11)24-19(25-26)14-5-3-4-6-15(14)21/h3-10,17H,1-2H3,(H2,22,27)(H,23,24,25)/t17-/m0/s1. The maximum Gasteiger partial charge on any atom is 0.248 e. The van der Waals surface area contributed by atoms with Crippen molar-refractivity contribution in [3.05, 3.63) is 70.4 Å². The van der Waals surface area contributed by atoms with E-state index in [0.717, 1.165) is 11.3 Å². The van der Waals surface area contributed by atoms with Crippen LogP contribution in [-0.4, -0.2) is 27.8 Å². The Morgan fingerprint density at radius 3 is 2.57 bits per heavy atom. The van der Waals surface area contributed by atoms with Gasteiger partial charge in [0.2, 0.25) is 11.9 Å². The third kappa shape index (κ3) is 2.99. The molecule has 0 aliphatic carbocycles. The van der Waals surface area contributed by atoms with E-state index in [0.29, 0.717) is 33.6 Å². The van der Waals surface area contributed by atoms with Crippen molar-refractivity contribution in [2.75, 3.05) is 12.4 Å². The molecule has 0 spiro atoms. The number of allylic oxidation sites excluding steroid dienone is 1. The first kappa shape index (κ1) is 18.1. The van der Waals surface area contributed by atoms with Crippen LogP contribution in [0, 0.1) is 0 Å². The van der Waals surface area contributed by atoms with Crippen LogP contribution in [0.25, 0.3) is 11.4 Å². The number of fused-ring (bicyclic) bond motifs is 1. The predicted octanol–water partition coefficient (Wildman–Crippen LogP) is 3.38. The summed E-state index contributed by atoms with van der Waals surface area (Å²) in [5.74, 6) is 1.17. The van der Waals surface area contributed by atoms with E-state index in [9.17, 15) is 4.79 Å². The molecule has 1 aromatic heterocycles. The number of halogens is 1. The molecule has 4 rings (SSSR count). The summed E-state index contributed by atoms with van der Waals surface area (Å²) in [6, 6.07) is 14.3. The third-order valence-corrected chi connectivity index (χ3v) is 4.99. The number of hydrogen-bond donors (Lipinski definition) is 2. The van der Waals surface area contributed by atoms with Crippen LogP contribution < -0.4 is 15.8 Å². The minimum atomic E-state index is -0.522. The van der Waals surface area contributed by atoms with Crippen molar-refractivity contribution in [2.24, 2.45) is 5.73 Å². The summed E-state index contributed by atoms with van der Waals surface area (Å²) in [5, 5.41) is 8.31. The minimum Gasteiger partial charge on any atom is -0.497 e. The molecule has 1 atom stereocenters. The molecule has 0 saturated carbocycles. The molecular formula is C20H18ClN5O2. The van der Waals surface area contributed by atoms with Crippen molar-refractivity contribution >= 4 is 23.5 Å². The van der Waals surface area contributed by atoms with E-state index in [2.05, 4.69) is 15.4 Å². The van der Waals surface area contributed by atoms with Gasteiger partial charge in [0, 0.05) is 11.3 Å². The van der Waals surface area contributed by atoms with Gasteiger partial charge in [-0.05, 0) is 36.8 Å². The number of amides is 1. The number of primary amides is 1. The van der Waals surface area contributed by atoms with Gasteiger partial charge in [-0.15, -0.1) is 5.10 Å². The number of carbonyl (C=O) groups excluding carboxylic acids is 1. The lowest BCUT2D eigenvalue weighted by atomic mass is 9.95. The van der Waals surface area contributed by atoms with Crippen LogP contribution in [0.2, 0.25) is 5.02 Å². The maximum absolute atomic E-state index is 12.2. The highest BCUT2D eigenvalue weighted by molar-refractivity contribution is 6.33. The fourth-order valence-electron chi connectivity index (χ4n) is 3.32. The summed E-state index contributed by atoms with van der Waals surface area (Å²) >= 11 is 6.31. The number of nitrogens with one attached hydrogen (secondary N) is 1. The van der Waals surface area contributed by atoms with E-state index in [4.69, 9.17) is 22.1 Å². The lowest BCUT2D eigenvalue weighted by Crippen LogP contribution is -2.31. The molecule has 142 valence electrons. The number of rotatable bonds is 4. The molecule has 8 heteroatoms. The first-order valence-corrected chi connectivity index (χ1v) is 9.00. The maximum atomic E-state index is 12.2. The second kappa shape index (κ2) is 7.01. The fourth-order valence-corrected chi connectivity index (χ4v) is 3.54. The smallest absolute Gasteiger partial charge is 0.248 e. The van der Waals surface area contributed by atoms with Gasteiger partial charge in [-0.1, -0.05) is 35.9 Å². The van der Waals surface area contributed by atoms with Gasteiger partial charge in [0.25, 0.3) is 0 Å². The molecule has 3 aromatic rings. The Morgan fingerprint density at radius 2 is 1.93 bits per heavy atom. The Kier molecular flexibility index (Phi) is 4.52. The molecule has 0 radical (unpaired) electrons. The van der Waals surface area contributed by atoms with Crippen LogP contribution in [0.1, 0.15) is 18.5 Å². The van der Waals surface area contributed by atoms with Crippen LogP contribution in [0.3, 0.4) is 0 Å². The van der Waals surface area contributed by atoms with Gasteiger partial charge in [0.1, 0.15) is 11.8 Å². The highest BCUT2D eigenvalue weighted by Crippen LogP contribution is 2.37. The average Bonchev–Trinajstić information content (AvgIpc) is 3.10. The molecule has 0 fully saturated rings. The molecule has 2 heterocycles. The third-order valence-electron chi connectivity index (χ3n) is 4.66. The molecule has 1 aliphatic rings. The summed E-state index contributed by atoms with van der Waals surface area (Å²) < 4.78 is 6.89. The van der Waals surface area contributed by atoms with Crippen LogP contribution >= 0.6 is 11.6 Å². The molecule has 3 N–H and O–H groups in total. The number of nitrogens with zero attached hydrogens (tertiary/aromatic N) is 3. The lowest BCUT2D eigenvalue weighted by molar-refractivity contribution is -0.115. The van der Waals surface area contributed by atoms with Crippen molar-refractivity contribution in [3.8, 4) is 17.1 Å². The van der Waals surface area contributed by atoms with Gasteiger partial charge in [0.15, 0.2) is 5.82 Å². The zero-order chi connectivity index (χ0) is 19.8. The average molecular weight is 396 g/mol. The van der Waals surface area contributed by atoms with Crippen LogP contribution in [-0.2, 0) is 4.79 Å². The zero-order valence-electron chi connectivity index (χ0n) is 15.3. The van der Waals surface area contributed by atoms with Gasteiger partial charge >= 0.3 is 0 Å². The second-order valence-corrected chi connectivity index (χ2v) is 6.79. The van der Waals surface area contributed by atoms with Crippen molar-refractivity contribution in [3.63, 3.8) is 0 Å². The number of nitrogens with two attached hydrogens (primary N) is 1. The van der Waals surface area contributed by atoms with E-state index in [1.807, 2.05) is 42.5 Å². The van der Waals surface area contributed by atoms with Crippen molar-refractivity contribution in [2.45, 2.75) is 13.0 Å². The summed E-state index contributed by atoms with van der Waals surface area (Å²) in [4.78, 5) is 16.8. The quantitative estimate of drug-likeness (QED) is 0.706. The van der Waals surface area contributed by atoms with Gasteiger partial charge in [-0.25, -0.2) is 4.68 Å². The summed E-state index contributed by atoms with van der Waals surface area (Å²) in [5.41, 5.74) is 8.31. The van der Waals surface area contributed by atoms with Crippen LogP contribution in [0.15, 0.2) is 59.8 Å². The SMILES string of the molecule is COc1ccc([C@H]2C(C(N)=O)=C(C)Nc3nc(-c4ccccc4Cl)nn32)cc1. The summed E-state index contributed by atoms with van der Waals surface area (Å²) in [6.07, 6.45) is 0. The summed E-state index contributed by atoms with van der Waals surface area (Å²) in [6.45, 7) is 1.80. The van der Waals surface area contributed by atoms with Gasteiger partial charge in [-0.2, -0.15) is 4.98 Å². The number of anilines is 1. The number of methoxy groups -OCH3 is 1. The monoisotopic (exact) mass is 395 g/mol. The minimum absolute atomic E-state index is 0.424. The van der Waals surface area contributed by atoms with Gasteiger partial charge in [0.05, 0.1) is 17.7 Å². The van der Waals surface area contributed by atoms with Crippen LogP contribution in [0.5, 0.6) is 5.75 Å². The Labute approximate surface area is 166 Å². The number of hydrogen-bond acceptors (Lipinski definition) is 5. The molecule has 1 aliphatic heterocycles. The van der Waals surface area contributed by atoms with E-state index >= 15 is 0 Å². The van der Waals surface area contributed by atoms with E-state index in [1.165, 1.54) is 0 Å². The Bertz CT molecular complexity index is 1090. The van der Waals surface area contributed by atoms with E-state index in [1.54, 1.807) is 24.8 Å². The van der Waals surface area contributed by atoms with E-state index < -0.39 is 11.9 Å². The Balaban J connectivity index is 1.88. The topological polar surface area (TPSA) is 95.1 Å². The van der Waals surface area contributed by atoms with Crippen molar-refractivity contribution in [1.29, 1.82) is 0 Å². The highest BCUT2D eigenvalue weighted by Gasteiger charge is 2.33. The van der Waals surface area contributed by atoms with Gasteiger partial charge < -0.3 is 15.8 Å². The predicted molar refractivity (Wildman–Crippen MR) is 107 cm³/mol.